The molecule has 2 aromatic carbocycles. The Balaban J connectivity index is 1.50. The molecule has 0 unspecified atom stereocenters. The molecule has 3 heterocycles. The molecule has 8 nitrogen and oxygen atoms in total. The molecule has 0 bridgehead atoms. The first-order valence-corrected chi connectivity index (χ1v) is 14.1. The molecule has 4 aromatic rings. The predicted molar refractivity (Wildman–Crippen MR) is 162 cm³/mol. The molecule has 0 spiro atoms. The third-order valence-electron chi connectivity index (χ3n) is 7.40. The topological polar surface area (TPSA) is 90.9 Å². The molecule has 42 heavy (non-hydrogen) atoms. The van der Waals surface area contributed by atoms with Crippen molar-refractivity contribution in [1.82, 2.24) is 14.9 Å². The van der Waals surface area contributed by atoms with Crippen molar-refractivity contribution < 1.29 is 23.8 Å². The van der Waals surface area contributed by atoms with E-state index in [0.717, 1.165) is 41.0 Å². The number of carbonyl (C=O) groups excluding carboxylic acids is 2. The van der Waals surface area contributed by atoms with Crippen molar-refractivity contribution in [3.05, 3.63) is 81.5 Å². The van der Waals surface area contributed by atoms with Crippen LogP contribution in [0.25, 0.3) is 33.6 Å². The van der Waals surface area contributed by atoms with Crippen molar-refractivity contribution in [3.63, 3.8) is 0 Å². The van der Waals surface area contributed by atoms with E-state index in [1.807, 2.05) is 30.3 Å². The molecular weight excluding hydrogens is 577 g/mol. The van der Waals surface area contributed by atoms with Crippen LogP contribution in [0.3, 0.4) is 0 Å². The Morgan fingerprint density at radius 2 is 1.79 bits per heavy atom. The number of pyridine rings is 2. The summed E-state index contributed by atoms with van der Waals surface area (Å²) in [6.45, 7) is 2.11. The first-order chi connectivity index (χ1) is 20.4. The Morgan fingerprint density at radius 1 is 1.00 bits per heavy atom. The monoisotopic (exact) mass is 605 g/mol. The van der Waals surface area contributed by atoms with Gasteiger partial charge in [-0.05, 0) is 42.3 Å². The van der Waals surface area contributed by atoms with Crippen molar-refractivity contribution in [2.75, 3.05) is 34.4 Å². The van der Waals surface area contributed by atoms with E-state index in [1.54, 1.807) is 25.4 Å². The van der Waals surface area contributed by atoms with Gasteiger partial charge in [0.15, 0.2) is 6.29 Å². The molecule has 0 atom stereocenters. The average molecular weight is 607 g/mol. The van der Waals surface area contributed by atoms with Crippen molar-refractivity contribution in [2.24, 2.45) is 0 Å². The highest BCUT2D eigenvalue weighted by molar-refractivity contribution is 6.39. The van der Waals surface area contributed by atoms with Gasteiger partial charge in [0, 0.05) is 53.6 Å². The summed E-state index contributed by atoms with van der Waals surface area (Å²) in [5.41, 5.74) is 6.71. The summed E-state index contributed by atoms with van der Waals surface area (Å²) >= 11 is 14.0. The zero-order valence-corrected chi connectivity index (χ0v) is 25.0. The smallest absolute Gasteiger partial charge is 0.306 e. The lowest BCUT2D eigenvalue weighted by molar-refractivity contribution is -0.141. The minimum absolute atomic E-state index is 0.221. The highest BCUT2D eigenvalue weighted by Gasteiger charge is 2.24. The summed E-state index contributed by atoms with van der Waals surface area (Å²) in [5.74, 6) is 0.745. The number of hydrogen-bond donors (Lipinski definition) is 0. The average Bonchev–Trinajstić information content (AvgIpc) is 3.03. The number of fused-ring (bicyclic) bond motifs is 1. The number of hydrogen-bond acceptors (Lipinski definition) is 8. The van der Waals surface area contributed by atoms with Crippen LogP contribution >= 0.6 is 23.2 Å². The van der Waals surface area contributed by atoms with E-state index in [-0.39, 0.29) is 11.8 Å². The Hall–Kier alpha value is -3.98. The summed E-state index contributed by atoms with van der Waals surface area (Å²) in [6, 6.07) is 14.9. The molecule has 216 valence electrons. The normalized spacial score (nSPS) is 12.9. The molecule has 0 saturated heterocycles. The second-order valence-corrected chi connectivity index (χ2v) is 10.5. The van der Waals surface area contributed by atoms with E-state index < -0.39 is 0 Å². The van der Waals surface area contributed by atoms with E-state index in [9.17, 15) is 9.59 Å². The summed E-state index contributed by atoms with van der Waals surface area (Å²) in [5, 5.41) is 0.913. The zero-order valence-electron chi connectivity index (χ0n) is 23.4. The summed E-state index contributed by atoms with van der Waals surface area (Å²) in [6.07, 6.45) is 3.55. The van der Waals surface area contributed by atoms with Gasteiger partial charge in [0.1, 0.15) is 5.75 Å². The highest BCUT2D eigenvalue weighted by atomic mass is 35.5. The van der Waals surface area contributed by atoms with Crippen LogP contribution in [0.15, 0.2) is 54.7 Å². The van der Waals surface area contributed by atoms with E-state index >= 15 is 0 Å². The molecule has 0 N–H and O–H groups in total. The minimum Gasteiger partial charge on any atom is -0.496 e. The number of carbonyl (C=O) groups is 2. The number of methoxy groups -OCH3 is 3. The van der Waals surface area contributed by atoms with Gasteiger partial charge in [0.25, 0.3) is 0 Å². The zero-order chi connectivity index (χ0) is 29.8. The largest absolute Gasteiger partial charge is 0.496 e. The molecule has 10 heteroatoms. The number of benzene rings is 2. The Kier molecular flexibility index (Phi) is 9.06. The first-order valence-electron chi connectivity index (χ1n) is 13.3. The second kappa shape index (κ2) is 12.9. The number of esters is 1. The minimum atomic E-state index is -0.221. The maximum absolute atomic E-state index is 11.6. The van der Waals surface area contributed by atoms with E-state index in [4.69, 9.17) is 37.4 Å². The molecule has 1 aliphatic rings. The van der Waals surface area contributed by atoms with Gasteiger partial charge in [-0.3, -0.25) is 19.5 Å². The van der Waals surface area contributed by atoms with Crippen LogP contribution in [-0.4, -0.2) is 61.5 Å². The molecule has 0 aliphatic carbocycles. The lowest BCUT2D eigenvalue weighted by Gasteiger charge is -2.30. The Bertz CT molecular complexity index is 1640. The fraction of sp³-hybridized carbons (Fsp3) is 0.250. The van der Waals surface area contributed by atoms with Crippen molar-refractivity contribution in [2.45, 2.75) is 19.4 Å². The van der Waals surface area contributed by atoms with Crippen LogP contribution in [0.2, 0.25) is 10.0 Å². The highest BCUT2D eigenvalue weighted by Crippen LogP contribution is 2.43. The SMILES string of the molecule is COC(=O)CCN1CCc2cc(-c3nccc(-c4cccc(-c5ccc(C=O)c(OC)n5)c4Cl)c3Cl)cc(OC)c2C1. The molecule has 1 aliphatic heterocycles. The van der Waals surface area contributed by atoms with Crippen LogP contribution in [-0.2, 0) is 22.5 Å². The molecule has 0 radical (unpaired) electrons. The molecule has 0 amide bonds. The molecule has 0 fully saturated rings. The third kappa shape index (κ3) is 5.83. The number of aldehydes is 1. The molecule has 5 rings (SSSR count). The predicted octanol–water partition coefficient (Wildman–Crippen LogP) is 6.54. The second-order valence-electron chi connectivity index (χ2n) is 9.77. The lowest BCUT2D eigenvalue weighted by atomic mass is 9.93. The summed E-state index contributed by atoms with van der Waals surface area (Å²) in [7, 11) is 4.51. The van der Waals surface area contributed by atoms with E-state index in [1.165, 1.54) is 14.2 Å². The first kappa shape index (κ1) is 29.5. The van der Waals surface area contributed by atoms with Gasteiger partial charge in [-0.25, -0.2) is 4.98 Å². The molecular formula is C32H29Cl2N3O5. The Labute approximate surface area is 254 Å². The van der Waals surface area contributed by atoms with Crippen LogP contribution in [0.5, 0.6) is 11.6 Å². The standard InChI is InChI=1S/C32H29Cl2N3O5/c1-40-27-16-21(15-19-10-13-37(17-25(19)27)14-11-28(39)41-2)31-30(34)23(9-12-35-31)22-5-4-6-24(29(22)33)26-8-7-20(18-38)32(36-26)42-3/h4-9,12,15-16,18H,10-11,13-14,17H2,1-3H3. The Morgan fingerprint density at radius 3 is 2.52 bits per heavy atom. The lowest BCUT2D eigenvalue weighted by Crippen LogP contribution is -2.32. The van der Waals surface area contributed by atoms with Gasteiger partial charge in [-0.2, -0.15) is 0 Å². The number of nitrogens with zero attached hydrogens (tertiary/aromatic N) is 3. The maximum atomic E-state index is 11.6. The van der Waals surface area contributed by atoms with Gasteiger partial charge in [-0.15, -0.1) is 0 Å². The van der Waals surface area contributed by atoms with Gasteiger partial charge in [0.05, 0.1) is 54.7 Å². The number of ether oxygens (including phenoxy) is 3. The number of rotatable bonds is 9. The summed E-state index contributed by atoms with van der Waals surface area (Å²) in [4.78, 5) is 34.3. The van der Waals surface area contributed by atoms with Gasteiger partial charge < -0.3 is 14.2 Å². The quantitative estimate of drug-likeness (QED) is 0.157. The van der Waals surface area contributed by atoms with Gasteiger partial charge in [0.2, 0.25) is 5.88 Å². The molecule has 0 saturated carbocycles. The van der Waals surface area contributed by atoms with E-state index in [2.05, 4.69) is 20.9 Å². The number of halogens is 2. The van der Waals surface area contributed by atoms with Crippen LogP contribution in [0, 0.1) is 0 Å². The van der Waals surface area contributed by atoms with Crippen LogP contribution in [0.1, 0.15) is 27.9 Å². The van der Waals surface area contributed by atoms with Crippen molar-refractivity contribution >= 4 is 35.5 Å². The van der Waals surface area contributed by atoms with Crippen LogP contribution in [0.4, 0.5) is 0 Å². The van der Waals surface area contributed by atoms with Crippen molar-refractivity contribution in [1.29, 1.82) is 0 Å². The van der Waals surface area contributed by atoms with Crippen molar-refractivity contribution in [3.8, 4) is 45.3 Å². The van der Waals surface area contributed by atoms with Crippen LogP contribution < -0.4 is 9.47 Å². The molecule has 2 aromatic heterocycles. The van der Waals surface area contributed by atoms with Gasteiger partial charge in [-0.1, -0.05) is 41.4 Å². The third-order valence-corrected chi connectivity index (χ3v) is 8.19. The fourth-order valence-electron chi connectivity index (χ4n) is 5.19. The summed E-state index contributed by atoms with van der Waals surface area (Å²) < 4.78 is 15.9. The fourth-order valence-corrected chi connectivity index (χ4v) is 5.84. The number of aromatic nitrogens is 2. The van der Waals surface area contributed by atoms with Gasteiger partial charge >= 0.3 is 5.97 Å². The van der Waals surface area contributed by atoms with E-state index in [0.29, 0.717) is 63.9 Å². The maximum Gasteiger partial charge on any atom is 0.306 e.